The van der Waals surface area contributed by atoms with E-state index in [0.29, 0.717) is 6.61 Å². The monoisotopic (exact) mass is 239 g/mol. The van der Waals surface area contributed by atoms with Crippen molar-refractivity contribution in [3.05, 3.63) is 35.1 Å². The van der Waals surface area contributed by atoms with Gasteiger partial charge < -0.3 is 10.5 Å². The van der Waals surface area contributed by atoms with Crippen LogP contribution >= 0.6 is 0 Å². The molecule has 0 aliphatic rings. The maximum atomic E-state index is 13.3. The van der Waals surface area contributed by atoms with Crippen molar-refractivity contribution in [2.75, 3.05) is 6.61 Å². The van der Waals surface area contributed by atoms with Gasteiger partial charge in [-0.3, -0.25) is 0 Å². The predicted octanol–water partition coefficient (Wildman–Crippen LogP) is 3.34. The molecule has 0 bridgehead atoms. The van der Waals surface area contributed by atoms with Crippen LogP contribution in [0.15, 0.2) is 18.2 Å². The molecule has 1 aromatic rings. The van der Waals surface area contributed by atoms with E-state index in [1.54, 1.807) is 0 Å². The second-order valence-electron chi connectivity index (χ2n) is 4.37. The van der Waals surface area contributed by atoms with Crippen molar-refractivity contribution < 1.29 is 9.13 Å². The fraction of sp³-hybridized carbons (Fsp3) is 0.571. The van der Waals surface area contributed by atoms with Crippen molar-refractivity contribution in [1.29, 1.82) is 0 Å². The minimum atomic E-state index is -0.260. The van der Waals surface area contributed by atoms with E-state index in [1.807, 2.05) is 19.9 Å². The fourth-order valence-electron chi connectivity index (χ4n) is 2.04. The van der Waals surface area contributed by atoms with Gasteiger partial charge in [0.15, 0.2) is 0 Å². The highest BCUT2D eigenvalue weighted by Gasteiger charge is 2.19. The number of benzene rings is 1. The summed E-state index contributed by atoms with van der Waals surface area (Å²) < 4.78 is 19.0. The summed E-state index contributed by atoms with van der Waals surface area (Å²) in [5, 5.41) is 0. The topological polar surface area (TPSA) is 35.2 Å². The lowest BCUT2D eigenvalue weighted by Crippen LogP contribution is -2.29. The average Bonchev–Trinajstić information content (AvgIpc) is 2.26. The second kappa shape index (κ2) is 6.72. The lowest BCUT2D eigenvalue weighted by Gasteiger charge is -2.24. The van der Waals surface area contributed by atoms with E-state index in [1.165, 1.54) is 12.1 Å². The van der Waals surface area contributed by atoms with E-state index in [0.717, 1.165) is 24.0 Å². The Labute approximate surface area is 103 Å². The quantitative estimate of drug-likeness (QED) is 0.826. The van der Waals surface area contributed by atoms with E-state index in [4.69, 9.17) is 10.5 Å². The van der Waals surface area contributed by atoms with Crippen molar-refractivity contribution in [2.45, 2.75) is 45.8 Å². The molecule has 2 atom stereocenters. The number of aryl methyl sites for hydroxylation is 1. The van der Waals surface area contributed by atoms with E-state index in [2.05, 4.69) is 6.92 Å². The first kappa shape index (κ1) is 14.1. The number of halogens is 1. The molecule has 0 heterocycles. The van der Waals surface area contributed by atoms with Crippen LogP contribution in [0.4, 0.5) is 4.39 Å². The van der Waals surface area contributed by atoms with Crippen LogP contribution in [0.3, 0.4) is 0 Å². The smallest absolute Gasteiger partial charge is 0.123 e. The Morgan fingerprint density at radius 1 is 1.29 bits per heavy atom. The Hall–Kier alpha value is -0.930. The van der Waals surface area contributed by atoms with Crippen LogP contribution < -0.4 is 5.73 Å². The summed E-state index contributed by atoms with van der Waals surface area (Å²) in [7, 11) is 0. The molecule has 0 saturated heterocycles. The van der Waals surface area contributed by atoms with Crippen molar-refractivity contribution >= 4 is 0 Å². The maximum Gasteiger partial charge on any atom is 0.123 e. The van der Waals surface area contributed by atoms with Crippen LogP contribution in [-0.4, -0.2) is 12.7 Å². The molecule has 96 valence electrons. The van der Waals surface area contributed by atoms with Gasteiger partial charge >= 0.3 is 0 Å². The lowest BCUT2D eigenvalue weighted by atomic mass is 9.97. The fourth-order valence-corrected chi connectivity index (χ4v) is 2.04. The van der Waals surface area contributed by atoms with Gasteiger partial charge in [0.1, 0.15) is 5.82 Å². The molecule has 17 heavy (non-hydrogen) atoms. The minimum Gasteiger partial charge on any atom is -0.377 e. The number of nitrogens with two attached hydrogens (primary N) is 1. The highest BCUT2D eigenvalue weighted by molar-refractivity contribution is 5.26. The van der Waals surface area contributed by atoms with E-state index < -0.39 is 0 Å². The molecule has 2 unspecified atom stereocenters. The number of hydrogen-bond acceptors (Lipinski definition) is 2. The summed E-state index contributed by atoms with van der Waals surface area (Å²) >= 11 is 0. The zero-order chi connectivity index (χ0) is 12.8. The Morgan fingerprint density at radius 3 is 2.53 bits per heavy atom. The van der Waals surface area contributed by atoms with Crippen LogP contribution in [0.5, 0.6) is 0 Å². The van der Waals surface area contributed by atoms with Gasteiger partial charge in [0.25, 0.3) is 0 Å². The SMILES string of the molecule is CCCC(OCC)C(N)c1cc(C)cc(F)c1. The predicted molar refractivity (Wildman–Crippen MR) is 68.4 cm³/mol. The molecule has 2 nitrogen and oxygen atoms in total. The van der Waals surface area contributed by atoms with Gasteiger partial charge in [-0.05, 0) is 43.5 Å². The summed E-state index contributed by atoms with van der Waals surface area (Å²) in [6.45, 7) is 6.54. The van der Waals surface area contributed by atoms with Crippen molar-refractivity contribution in [3.63, 3.8) is 0 Å². The van der Waals surface area contributed by atoms with Gasteiger partial charge in [-0.2, -0.15) is 0 Å². The first-order chi connectivity index (χ1) is 8.08. The zero-order valence-corrected chi connectivity index (χ0v) is 10.9. The molecule has 0 spiro atoms. The first-order valence-corrected chi connectivity index (χ1v) is 6.22. The van der Waals surface area contributed by atoms with Crippen LogP contribution in [0.1, 0.15) is 43.9 Å². The highest BCUT2D eigenvalue weighted by Crippen LogP contribution is 2.22. The van der Waals surface area contributed by atoms with Crippen LogP contribution in [-0.2, 0) is 4.74 Å². The minimum absolute atomic E-state index is 0.0359. The Bertz CT molecular complexity index is 328. The molecular formula is C14H22FNO. The van der Waals surface area contributed by atoms with Gasteiger partial charge in [0.2, 0.25) is 0 Å². The van der Waals surface area contributed by atoms with Gasteiger partial charge in [0, 0.05) is 6.61 Å². The summed E-state index contributed by atoms with van der Waals surface area (Å²) in [5.41, 5.74) is 7.86. The third-order valence-corrected chi connectivity index (χ3v) is 2.80. The standard InChI is InChI=1S/C14H22FNO/c1-4-6-13(17-5-2)14(16)11-7-10(3)8-12(15)9-11/h7-9,13-14H,4-6,16H2,1-3H3. The molecule has 3 heteroatoms. The maximum absolute atomic E-state index is 13.3. The summed E-state index contributed by atoms with van der Waals surface area (Å²) in [6, 6.07) is 4.67. The molecule has 0 amide bonds. The highest BCUT2D eigenvalue weighted by atomic mass is 19.1. The third-order valence-electron chi connectivity index (χ3n) is 2.80. The molecule has 0 saturated carbocycles. The summed E-state index contributed by atoms with van der Waals surface area (Å²) in [5.74, 6) is -0.234. The van der Waals surface area contributed by atoms with Crippen LogP contribution in [0, 0.1) is 12.7 Å². The zero-order valence-electron chi connectivity index (χ0n) is 10.9. The molecule has 1 aromatic carbocycles. The molecule has 0 aliphatic carbocycles. The number of ether oxygens (including phenoxy) is 1. The lowest BCUT2D eigenvalue weighted by molar-refractivity contribution is 0.0374. The third kappa shape index (κ3) is 4.10. The largest absolute Gasteiger partial charge is 0.377 e. The van der Waals surface area contributed by atoms with Crippen LogP contribution in [0.25, 0.3) is 0 Å². The summed E-state index contributed by atoms with van der Waals surface area (Å²) in [6.07, 6.45) is 1.86. The van der Waals surface area contributed by atoms with Crippen LogP contribution in [0.2, 0.25) is 0 Å². The Morgan fingerprint density at radius 2 is 2.00 bits per heavy atom. The average molecular weight is 239 g/mol. The van der Waals surface area contributed by atoms with E-state index in [-0.39, 0.29) is 18.0 Å². The first-order valence-electron chi connectivity index (χ1n) is 6.22. The summed E-state index contributed by atoms with van der Waals surface area (Å²) in [4.78, 5) is 0. The van der Waals surface area contributed by atoms with E-state index >= 15 is 0 Å². The molecule has 0 radical (unpaired) electrons. The van der Waals surface area contributed by atoms with Gasteiger partial charge in [-0.1, -0.05) is 19.4 Å². The van der Waals surface area contributed by atoms with Gasteiger partial charge in [-0.15, -0.1) is 0 Å². The molecule has 2 N–H and O–H groups in total. The van der Waals surface area contributed by atoms with Gasteiger partial charge in [-0.25, -0.2) is 4.39 Å². The Kier molecular flexibility index (Phi) is 5.59. The van der Waals surface area contributed by atoms with Crippen molar-refractivity contribution in [1.82, 2.24) is 0 Å². The van der Waals surface area contributed by atoms with Crippen molar-refractivity contribution in [2.24, 2.45) is 5.73 Å². The number of hydrogen-bond donors (Lipinski definition) is 1. The Balaban J connectivity index is 2.87. The molecule has 0 aromatic heterocycles. The molecule has 0 fully saturated rings. The normalized spacial score (nSPS) is 14.6. The molecular weight excluding hydrogens is 217 g/mol. The van der Waals surface area contributed by atoms with Gasteiger partial charge in [0.05, 0.1) is 12.1 Å². The second-order valence-corrected chi connectivity index (χ2v) is 4.37. The number of rotatable bonds is 6. The van der Waals surface area contributed by atoms with E-state index in [9.17, 15) is 4.39 Å². The molecule has 0 aliphatic heterocycles. The molecule has 1 rings (SSSR count). The van der Waals surface area contributed by atoms with Crippen molar-refractivity contribution in [3.8, 4) is 0 Å².